The van der Waals surface area contributed by atoms with Gasteiger partial charge in [0.25, 0.3) is 0 Å². The molecule has 0 N–H and O–H groups in total. The summed E-state index contributed by atoms with van der Waals surface area (Å²) < 4.78 is 16.5. The van der Waals surface area contributed by atoms with Gasteiger partial charge in [0.15, 0.2) is 0 Å². The molecule has 4 nitrogen and oxygen atoms in total. The van der Waals surface area contributed by atoms with Crippen LogP contribution in [0.3, 0.4) is 0 Å². The monoisotopic (exact) mass is 704 g/mol. The first kappa shape index (κ1) is 32.8. The molecule has 10 aliphatic rings. The molecule has 0 saturated carbocycles. The highest BCUT2D eigenvalue weighted by atomic mass is 16.5. The lowest BCUT2D eigenvalue weighted by Crippen LogP contribution is -2.64. The van der Waals surface area contributed by atoms with Crippen molar-refractivity contribution in [2.45, 2.75) is 126 Å². The Bertz CT molecular complexity index is 1970. The summed E-state index contributed by atoms with van der Waals surface area (Å²) in [7, 11) is 0. The minimum atomic E-state index is -0.0424. The zero-order chi connectivity index (χ0) is 35.1. The largest absolute Gasteiger partial charge is 0.490 e. The number of fused-ring (bicyclic) bond motifs is 8. The second-order valence-electron chi connectivity index (χ2n) is 17.9. The highest BCUT2D eigenvalue weighted by Crippen LogP contribution is 2.55. The van der Waals surface area contributed by atoms with Gasteiger partial charge in [0.05, 0.1) is 18.0 Å². The summed E-state index contributed by atoms with van der Waals surface area (Å²) in [6, 6.07) is 0.649. The first-order valence-electron chi connectivity index (χ1n) is 21.3. The van der Waals surface area contributed by atoms with Crippen LogP contribution in [0.2, 0.25) is 0 Å². The number of nitrogens with zero attached hydrogens (tertiary/aromatic N) is 2. The Morgan fingerprint density at radius 3 is 2.60 bits per heavy atom. The molecular formula is C49H56N2O2. The number of hydrogen-bond acceptors (Lipinski definition) is 3. The van der Waals surface area contributed by atoms with Crippen LogP contribution in [0, 0.1) is 29.6 Å². The number of rotatable bonds is 5. The summed E-state index contributed by atoms with van der Waals surface area (Å²) in [4.78, 5) is 3.09. The molecule has 0 radical (unpaired) electrons. The highest BCUT2D eigenvalue weighted by Gasteiger charge is 2.58. The van der Waals surface area contributed by atoms with Gasteiger partial charge in [0.1, 0.15) is 6.10 Å². The van der Waals surface area contributed by atoms with Gasteiger partial charge < -0.3 is 14.0 Å². The summed E-state index contributed by atoms with van der Waals surface area (Å²) >= 11 is 0. The summed E-state index contributed by atoms with van der Waals surface area (Å²) in [5.41, 5.74) is 9.21. The molecule has 1 saturated heterocycles. The maximum Gasteiger partial charge on any atom is 0.127 e. The van der Waals surface area contributed by atoms with Gasteiger partial charge in [-0.05, 0) is 131 Å². The molecule has 4 heteroatoms. The van der Waals surface area contributed by atoms with E-state index in [0.29, 0.717) is 41.7 Å². The minimum absolute atomic E-state index is 0.0424. The predicted octanol–water partition coefficient (Wildman–Crippen LogP) is 10.5. The molecule has 11 atom stereocenters. The van der Waals surface area contributed by atoms with Crippen molar-refractivity contribution >= 4 is 17.8 Å². The van der Waals surface area contributed by atoms with Gasteiger partial charge in [-0.25, -0.2) is 0 Å². The van der Waals surface area contributed by atoms with Crippen LogP contribution in [0.1, 0.15) is 100 Å². The molecule has 274 valence electrons. The second kappa shape index (κ2) is 13.0. The Labute approximate surface area is 316 Å². The van der Waals surface area contributed by atoms with Gasteiger partial charge in [0, 0.05) is 53.0 Å². The molecule has 53 heavy (non-hydrogen) atoms. The Kier molecular flexibility index (Phi) is 8.06. The normalized spacial score (nSPS) is 40.1. The van der Waals surface area contributed by atoms with Gasteiger partial charge >= 0.3 is 0 Å². The first-order valence-corrected chi connectivity index (χ1v) is 21.3. The lowest BCUT2D eigenvalue weighted by atomic mass is 9.64. The maximum absolute atomic E-state index is 6.92. The van der Waals surface area contributed by atoms with Crippen molar-refractivity contribution < 1.29 is 9.47 Å². The van der Waals surface area contributed by atoms with Crippen LogP contribution in [-0.4, -0.2) is 45.4 Å². The van der Waals surface area contributed by atoms with Crippen molar-refractivity contribution in [3.63, 3.8) is 0 Å². The molecular weight excluding hydrogens is 649 g/mol. The molecule has 0 bridgehead atoms. The third kappa shape index (κ3) is 5.21. The molecule has 1 fully saturated rings. The molecule has 3 heterocycles. The molecule has 0 aromatic carbocycles. The van der Waals surface area contributed by atoms with Gasteiger partial charge in [-0.2, -0.15) is 0 Å². The van der Waals surface area contributed by atoms with Gasteiger partial charge in [-0.1, -0.05) is 91.1 Å². The molecule has 11 rings (SSSR count). The number of aromatic nitrogens is 1. The van der Waals surface area contributed by atoms with E-state index in [1.54, 1.807) is 22.5 Å². The van der Waals surface area contributed by atoms with Gasteiger partial charge in [-0.15, -0.1) is 0 Å². The predicted molar refractivity (Wildman–Crippen MR) is 216 cm³/mol. The topological polar surface area (TPSA) is 26.6 Å². The van der Waals surface area contributed by atoms with Crippen LogP contribution in [0.4, 0.5) is 0 Å². The molecule has 8 aliphatic carbocycles. The first-order chi connectivity index (χ1) is 26.2. The van der Waals surface area contributed by atoms with E-state index in [4.69, 9.17) is 9.47 Å². The van der Waals surface area contributed by atoms with E-state index in [0.717, 1.165) is 32.1 Å². The molecule has 0 spiro atoms. The maximum atomic E-state index is 6.92. The summed E-state index contributed by atoms with van der Waals surface area (Å²) in [5, 5.41) is 0. The van der Waals surface area contributed by atoms with E-state index in [2.05, 4.69) is 120 Å². The third-order valence-electron chi connectivity index (χ3n) is 15.1. The van der Waals surface area contributed by atoms with Gasteiger partial charge in [-0.3, -0.25) is 4.90 Å². The molecule has 2 aliphatic heterocycles. The van der Waals surface area contributed by atoms with Crippen molar-refractivity contribution in [3.05, 3.63) is 125 Å². The van der Waals surface area contributed by atoms with Crippen molar-refractivity contribution in [1.29, 1.82) is 0 Å². The molecule has 11 unspecified atom stereocenters. The van der Waals surface area contributed by atoms with Gasteiger partial charge in [0.2, 0.25) is 0 Å². The summed E-state index contributed by atoms with van der Waals surface area (Å²) in [6.07, 6.45) is 56.9. The Morgan fingerprint density at radius 1 is 0.774 bits per heavy atom. The van der Waals surface area contributed by atoms with E-state index < -0.39 is 0 Å². The molecule has 1 aromatic heterocycles. The zero-order valence-electron chi connectivity index (χ0n) is 31.5. The molecule has 1 aromatic rings. The highest BCUT2D eigenvalue weighted by molar-refractivity contribution is 5.74. The fourth-order valence-corrected chi connectivity index (χ4v) is 12.8. The second-order valence-corrected chi connectivity index (χ2v) is 17.9. The lowest BCUT2D eigenvalue weighted by Gasteiger charge is -2.56. The van der Waals surface area contributed by atoms with Crippen LogP contribution in [0.15, 0.2) is 102 Å². The van der Waals surface area contributed by atoms with Crippen molar-refractivity contribution in [2.24, 2.45) is 29.6 Å². The van der Waals surface area contributed by atoms with E-state index >= 15 is 0 Å². The Balaban J connectivity index is 1.03. The Hall–Kier alpha value is -3.60. The van der Waals surface area contributed by atoms with Crippen LogP contribution < -0.4 is 0 Å². The van der Waals surface area contributed by atoms with Crippen LogP contribution in [0.25, 0.3) is 17.8 Å². The fraction of sp³-hybridized carbons (Fsp3) is 0.510. The average Bonchev–Trinajstić information content (AvgIpc) is 3.89. The number of allylic oxidation sites excluding steroid dienone is 11. The SMILES string of the molecule is CC1(N(C2C=Cc3c(c4c(n3C3=CCCCC3)CC(C3C=CC=CC3)C=C4)C2)C2CCCC3=C2C2C=CC=CC2O3)CC=CC2OC3C=CCCC3C21. The minimum Gasteiger partial charge on any atom is -0.490 e. The lowest BCUT2D eigenvalue weighted by molar-refractivity contribution is -0.0386. The van der Waals surface area contributed by atoms with E-state index in [1.165, 1.54) is 68.4 Å². The molecule has 0 amide bonds. The number of ether oxygens (including phenoxy) is 2. The summed E-state index contributed by atoms with van der Waals surface area (Å²) in [6.45, 7) is 2.64. The fourth-order valence-electron chi connectivity index (χ4n) is 12.8. The van der Waals surface area contributed by atoms with Crippen LogP contribution >= 0.6 is 0 Å². The van der Waals surface area contributed by atoms with Crippen molar-refractivity contribution in [1.82, 2.24) is 9.47 Å². The quantitative estimate of drug-likeness (QED) is 0.286. The number of hydrogen-bond donors (Lipinski definition) is 0. The van der Waals surface area contributed by atoms with E-state index in [1.807, 2.05) is 0 Å². The van der Waals surface area contributed by atoms with Crippen LogP contribution in [0.5, 0.6) is 0 Å². The zero-order valence-corrected chi connectivity index (χ0v) is 31.5. The van der Waals surface area contributed by atoms with Crippen LogP contribution in [-0.2, 0) is 22.3 Å². The van der Waals surface area contributed by atoms with E-state index in [-0.39, 0.29) is 23.9 Å². The smallest absolute Gasteiger partial charge is 0.127 e. The van der Waals surface area contributed by atoms with E-state index in [9.17, 15) is 0 Å². The standard InChI is InChI=1S/C49H56N2O2/c1-49(29-13-24-46-48(49)38-19-9-11-22-44(38)53-46)51(41-20-12-23-45-47(41)37-18-8-10-21-43(37)52-45)35-26-28-40-39(31-35)36-27-25-33(32-14-4-2-5-15-32)30-42(36)50(40)34-16-6-3-7-17-34/h2,4-5,8,10-11,13-14,16,18,21-22,24-28,32-33,35,37-38,41,43-44,46,48H,3,6-7,9,12,15,17,19-20,23,29-31H2,1H3. The van der Waals surface area contributed by atoms with Crippen molar-refractivity contribution in [3.8, 4) is 0 Å². The van der Waals surface area contributed by atoms with Crippen molar-refractivity contribution in [2.75, 3.05) is 0 Å². The average molecular weight is 705 g/mol. The summed E-state index contributed by atoms with van der Waals surface area (Å²) in [5.74, 6) is 3.78. The third-order valence-corrected chi connectivity index (χ3v) is 15.1. The Morgan fingerprint density at radius 2 is 1.70 bits per heavy atom.